The van der Waals surface area contributed by atoms with Crippen molar-refractivity contribution >= 4 is 22.6 Å². The van der Waals surface area contributed by atoms with Crippen LogP contribution in [0.3, 0.4) is 0 Å². The Morgan fingerprint density at radius 2 is 2.36 bits per heavy atom. The van der Waals surface area contributed by atoms with E-state index in [2.05, 4.69) is 4.98 Å². The normalized spacial score (nSPS) is 21.4. The summed E-state index contributed by atoms with van der Waals surface area (Å²) in [5.74, 6) is 0. The Labute approximate surface area is 93.2 Å². The lowest BCUT2D eigenvalue weighted by molar-refractivity contribution is 0.0524. The smallest absolute Gasteiger partial charge is 0.330 e. The number of halogens is 1. The summed E-state index contributed by atoms with van der Waals surface area (Å²) in [5, 5.41) is 0. The first-order valence-electron chi connectivity index (χ1n) is 4.31. The maximum absolute atomic E-state index is 11.4. The molecule has 1 N–H and O–H groups in total. The second-order valence-electron chi connectivity index (χ2n) is 3.11. The minimum Gasteiger partial charge on any atom is -0.358 e. The molecule has 1 fully saturated rings. The zero-order chi connectivity index (χ0) is 10.1. The Hall–Kier alpha value is -0.630. The highest BCUT2D eigenvalue weighted by Crippen LogP contribution is 2.20. The number of rotatable bonds is 1. The molecule has 5 nitrogen and oxygen atoms in total. The summed E-state index contributed by atoms with van der Waals surface area (Å²) in [7, 11) is 0. The molecule has 14 heavy (non-hydrogen) atoms. The quantitative estimate of drug-likeness (QED) is 0.766. The van der Waals surface area contributed by atoms with Crippen LogP contribution in [-0.4, -0.2) is 16.2 Å². The lowest BCUT2D eigenvalue weighted by Crippen LogP contribution is -2.33. The lowest BCUT2D eigenvalue weighted by Gasteiger charge is -2.12. The number of nitrogens with one attached hydrogen (secondary N) is 1. The van der Waals surface area contributed by atoms with Crippen LogP contribution in [0.5, 0.6) is 0 Å². The molecular formula is C8H9IN2O3. The van der Waals surface area contributed by atoms with Crippen LogP contribution in [0.4, 0.5) is 0 Å². The second kappa shape index (κ2) is 3.85. The monoisotopic (exact) mass is 308 g/mol. The minimum atomic E-state index is -0.401. The molecule has 0 aliphatic carbocycles. The molecule has 1 aromatic heterocycles. The standard InChI is InChI=1S/C8H9IN2O3/c9-5-4-11(6-2-1-3-14-6)8(13)10-7(5)12/h4,6H,1-3H2,(H,10,12,13)/t6-/m0/s1. The van der Waals surface area contributed by atoms with Gasteiger partial charge >= 0.3 is 5.69 Å². The van der Waals surface area contributed by atoms with E-state index in [4.69, 9.17) is 4.74 Å². The van der Waals surface area contributed by atoms with Crippen LogP contribution in [0.15, 0.2) is 15.8 Å². The average molecular weight is 308 g/mol. The molecule has 0 amide bonds. The van der Waals surface area contributed by atoms with E-state index in [1.807, 2.05) is 22.6 Å². The number of hydrogen-bond acceptors (Lipinski definition) is 3. The molecule has 0 unspecified atom stereocenters. The van der Waals surface area contributed by atoms with Gasteiger partial charge < -0.3 is 4.74 Å². The van der Waals surface area contributed by atoms with E-state index in [1.54, 1.807) is 0 Å². The van der Waals surface area contributed by atoms with Gasteiger partial charge in [-0.05, 0) is 35.4 Å². The van der Waals surface area contributed by atoms with Gasteiger partial charge in [0.25, 0.3) is 5.56 Å². The summed E-state index contributed by atoms with van der Waals surface area (Å²) >= 11 is 1.89. The second-order valence-corrected chi connectivity index (χ2v) is 4.27. The van der Waals surface area contributed by atoms with Crippen molar-refractivity contribution in [3.8, 4) is 0 Å². The van der Waals surface area contributed by atoms with E-state index < -0.39 is 5.69 Å². The van der Waals surface area contributed by atoms with Gasteiger partial charge in [-0.15, -0.1) is 0 Å². The summed E-state index contributed by atoms with van der Waals surface area (Å²) in [4.78, 5) is 24.7. The maximum Gasteiger partial charge on any atom is 0.330 e. The van der Waals surface area contributed by atoms with Crippen molar-refractivity contribution in [2.75, 3.05) is 6.61 Å². The van der Waals surface area contributed by atoms with Crippen LogP contribution in [0, 0.1) is 3.57 Å². The Morgan fingerprint density at radius 1 is 1.57 bits per heavy atom. The molecule has 1 atom stereocenters. The number of nitrogens with zero attached hydrogens (tertiary/aromatic N) is 1. The summed E-state index contributed by atoms with van der Waals surface area (Å²) in [5.41, 5.74) is -0.743. The predicted octanol–water partition coefficient (Wildman–Crippen LogP) is 0.450. The Kier molecular flexibility index (Phi) is 2.73. The molecule has 1 aliphatic rings. The fourth-order valence-corrected chi connectivity index (χ4v) is 1.89. The molecule has 6 heteroatoms. The first-order valence-corrected chi connectivity index (χ1v) is 5.39. The molecular weight excluding hydrogens is 299 g/mol. The number of hydrogen-bond donors (Lipinski definition) is 1. The number of H-pyrrole nitrogens is 1. The van der Waals surface area contributed by atoms with Gasteiger partial charge in [-0.25, -0.2) is 4.79 Å². The summed E-state index contributed by atoms with van der Waals surface area (Å²) in [6, 6.07) is 0. The Morgan fingerprint density at radius 3 is 3.00 bits per heavy atom. The van der Waals surface area contributed by atoms with Crippen molar-refractivity contribution in [2.45, 2.75) is 19.1 Å². The van der Waals surface area contributed by atoms with Gasteiger partial charge in [-0.3, -0.25) is 14.3 Å². The molecule has 0 bridgehead atoms. The van der Waals surface area contributed by atoms with E-state index in [9.17, 15) is 9.59 Å². The van der Waals surface area contributed by atoms with Crippen LogP contribution < -0.4 is 11.2 Å². The molecule has 2 heterocycles. The summed E-state index contributed by atoms with van der Waals surface area (Å²) in [6.07, 6.45) is 3.10. The Balaban J connectivity index is 2.47. The van der Waals surface area contributed by atoms with Crippen molar-refractivity contribution in [1.82, 2.24) is 9.55 Å². The van der Waals surface area contributed by atoms with Gasteiger partial charge in [-0.2, -0.15) is 0 Å². The molecule has 0 spiro atoms. The van der Waals surface area contributed by atoms with Crippen LogP contribution >= 0.6 is 22.6 Å². The molecule has 1 saturated heterocycles. The fraction of sp³-hybridized carbons (Fsp3) is 0.500. The number of aromatic amines is 1. The van der Waals surface area contributed by atoms with Crippen molar-refractivity contribution < 1.29 is 4.74 Å². The highest BCUT2D eigenvalue weighted by atomic mass is 127. The number of ether oxygens (including phenoxy) is 1. The highest BCUT2D eigenvalue weighted by Gasteiger charge is 2.19. The molecule has 2 rings (SSSR count). The predicted molar refractivity (Wildman–Crippen MR) is 58.3 cm³/mol. The molecule has 0 saturated carbocycles. The summed E-state index contributed by atoms with van der Waals surface area (Å²) < 4.78 is 7.29. The lowest BCUT2D eigenvalue weighted by atomic mass is 10.3. The van der Waals surface area contributed by atoms with Crippen LogP contribution in [0.25, 0.3) is 0 Å². The third-order valence-electron chi connectivity index (χ3n) is 2.14. The van der Waals surface area contributed by atoms with E-state index in [-0.39, 0.29) is 11.8 Å². The van der Waals surface area contributed by atoms with Crippen molar-refractivity contribution in [3.05, 3.63) is 30.6 Å². The average Bonchev–Trinajstić information content (AvgIpc) is 2.64. The minimum absolute atomic E-state index is 0.215. The van der Waals surface area contributed by atoms with E-state index in [1.165, 1.54) is 10.8 Å². The van der Waals surface area contributed by atoms with Gasteiger partial charge in [0.2, 0.25) is 0 Å². The summed E-state index contributed by atoms with van der Waals surface area (Å²) in [6.45, 7) is 0.673. The van der Waals surface area contributed by atoms with E-state index in [0.717, 1.165) is 12.8 Å². The van der Waals surface area contributed by atoms with E-state index >= 15 is 0 Å². The largest absolute Gasteiger partial charge is 0.358 e. The fourth-order valence-electron chi connectivity index (χ4n) is 1.45. The Bertz CT molecular complexity index is 445. The first kappa shape index (κ1) is 9.91. The van der Waals surface area contributed by atoms with Crippen LogP contribution in [-0.2, 0) is 4.74 Å². The topological polar surface area (TPSA) is 64.1 Å². The van der Waals surface area contributed by atoms with Gasteiger partial charge in [0.05, 0.1) is 3.57 Å². The zero-order valence-corrected chi connectivity index (χ0v) is 9.48. The van der Waals surface area contributed by atoms with Crippen LogP contribution in [0.1, 0.15) is 19.1 Å². The number of aromatic nitrogens is 2. The third kappa shape index (κ3) is 1.76. The highest BCUT2D eigenvalue weighted by molar-refractivity contribution is 14.1. The van der Waals surface area contributed by atoms with Crippen molar-refractivity contribution in [3.63, 3.8) is 0 Å². The van der Waals surface area contributed by atoms with E-state index in [0.29, 0.717) is 10.2 Å². The molecule has 0 aromatic carbocycles. The van der Waals surface area contributed by atoms with Gasteiger partial charge in [0.1, 0.15) is 6.23 Å². The maximum atomic E-state index is 11.4. The zero-order valence-electron chi connectivity index (χ0n) is 7.33. The molecule has 0 radical (unpaired) electrons. The van der Waals surface area contributed by atoms with Gasteiger partial charge in [0, 0.05) is 12.8 Å². The third-order valence-corrected chi connectivity index (χ3v) is 2.91. The molecule has 1 aromatic rings. The van der Waals surface area contributed by atoms with Gasteiger partial charge in [-0.1, -0.05) is 0 Å². The molecule has 1 aliphatic heterocycles. The molecule has 76 valence electrons. The van der Waals surface area contributed by atoms with Crippen molar-refractivity contribution in [2.24, 2.45) is 0 Å². The van der Waals surface area contributed by atoms with Crippen molar-refractivity contribution in [1.29, 1.82) is 0 Å². The van der Waals surface area contributed by atoms with Crippen LogP contribution in [0.2, 0.25) is 0 Å². The van der Waals surface area contributed by atoms with Gasteiger partial charge in [0.15, 0.2) is 0 Å². The first-order chi connectivity index (χ1) is 6.68. The SMILES string of the molecule is O=c1[nH]c(=O)n([C@@H]2CCCO2)cc1I.